The first kappa shape index (κ1) is 18.3. The molecular weight excluding hydrogens is 355 g/mol. The molecule has 28 heavy (non-hydrogen) atoms. The van der Waals surface area contributed by atoms with Crippen molar-refractivity contribution < 1.29 is 4.39 Å². The van der Waals surface area contributed by atoms with Crippen LogP contribution in [0.15, 0.2) is 36.8 Å². The van der Waals surface area contributed by atoms with E-state index in [1.54, 1.807) is 12.3 Å². The van der Waals surface area contributed by atoms with Crippen LogP contribution in [0.1, 0.15) is 30.0 Å². The molecule has 0 spiro atoms. The molecular formula is C21H23FN6. The Hall–Kier alpha value is -3.06. The van der Waals surface area contributed by atoms with Gasteiger partial charge in [0.05, 0.1) is 29.6 Å². The summed E-state index contributed by atoms with van der Waals surface area (Å²) in [5.41, 5.74) is 10.0. The lowest BCUT2D eigenvalue weighted by atomic mass is 10.0. The van der Waals surface area contributed by atoms with Crippen molar-refractivity contribution in [3.05, 3.63) is 53.7 Å². The normalized spacial score (nSPS) is 13.5. The van der Waals surface area contributed by atoms with E-state index in [4.69, 9.17) is 0 Å². The van der Waals surface area contributed by atoms with Gasteiger partial charge >= 0.3 is 0 Å². The van der Waals surface area contributed by atoms with Gasteiger partial charge in [0, 0.05) is 22.7 Å². The molecule has 0 aliphatic heterocycles. The van der Waals surface area contributed by atoms with Crippen molar-refractivity contribution in [2.75, 3.05) is 7.05 Å². The predicted octanol–water partition coefficient (Wildman–Crippen LogP) is 4.15. The van der Waals surface area contributed by atoms with E-state index in [1.807, 2.05) is 43.1 Å². The Morgan fingerprint density at radius 2 is 1.93 bits per heavy atom. The molecule has 1 saturated carbocycles. The lowest BCUT2D eigenvalue weighted by Crippen LogP contribution is -1.93. The number of aromatic nitrogens is 5. The van der Waals surface area contributed by atoms with Gasteiger partial charge in [-0.2, -0.15) is 10.2 Å². The maximum absolute atomic E-state index is 14.6. The molecule has 5 rings (SSSR count). The summed E-state index contributed by atoms with van der Waals surface area (Å²) in [5.74, 6) is -0.249. The number of H-pyrrole nitrogens is 1. The van der Waals surface area contributed by atoms with Gasteiger partial charge in [-0.1, -0.05) is 6.07 Å². The fraction of sp³-hybridized carbons (Fsp3) is 0.286. The maximum Gasteiger partial charge on any atom is 0.133 e. The molecule has 3 aromatic heterocycles. The van der Waals surface area contributed by atoms with Crippen LogP contribution in [0, 0.1) is 19.7 Å². The monoisotopic (exact) mass is 378 g/mol. The van der Waals surface area contributed by atoms with Crippen LogP contribution in [0.25, 0.3) is 33.4 Å². The summed E-state index contributed by atoms with van der Waals surface area (Å²) in [4.78, 5) is 4.45. The summed E-state index contributed by atoms with van der Waals surface area (Å²) < 4.78 is 16.6. The highest BCUT2D eigenvalue weighted by Gasteiger charge is 2.25. The zero-order valence-corrected chi connectivity index (χ0v) is 16.2. The number of hydrogen-bond donors (Lipinski definition) is 2. The highest BCUT2D eigenvalue weighted by atomic mass is 19.1. The van der Waals surface area contributed by atoms with Crippen LogP contribution < -0.4 is 5.73 Å². The topological polar surface area (TPSA) is 85.4 Å². The molecule has 1 fully saturated rings. The number of aryl methyl sites for hydroxylation is 2. The van der Waals surface area contributed by atoms with E-state index in [0.717, 1.165) is 33.3 Å². The van der Waals surface area contributed by atoms with Crippen LogP contribution >= 0.6 is 0 Å². The van der Waals surface area contributed by atoms with Crippen molar-refractivity contribution in [1.29, 1.82) is 0 Å². The highest BCUT2D eigenvalue weighted by molar-refractivity contribution is 5.94. The second kappa shape index (κ2) is 7.16. The molecule has 0 amide bonds. The van der Waals surface area contributed by atoms with Gasteiger partial charge in [0.15, 0.2) is 0 Å². The SMILES string of the molecule is CN.Cc1cc(C)c(-c2cc3c(-c4cnn(C5CC5)c4)n[nH]c3cn2)c(F)c1. The molecule has 7 heteroatoms. The number of pyridine rings is 1. The predicted molar refractivity (Wildman–Crippen MR) is 108 cm³/mol. The first-order chi connectivity index (χ1) is 13.6. The van der Waals surface area contributed by atoms with Gasteiger partial charge in [-0.15, -0.1) is 0 Å². The van der Waals surface area contributed by atoms with E-state index in [1.165, 1.54) is 19.9 Å². The van der Waals surface area contributed by atoms with Crippen LogP contribution in [0.2, 0.25) is 0 Å². The van der Waals surface area contributed by atoms with E-state index in [-0.39, 0.29) is 5.82 Å². The highest BCUT2D eigenvalue weighted by Crippen LogP contribution is 2.36. The number of benzene rings is 1. The zero-order chi connectivity index (χ0) is 19.8. The van der Waals surface area contributed by atoms with Gasteiger partial charge in [0.1, 0.15) is 11.5 Å². The van der Waals surface area contributed by atoms with Crippen molar-refractivity contribution in [3.63, 3.8) is 0 Å². The van der Waals surface area contributed by atoms with Crippen molar-refractivity contribution >= 4 is 10.9 Å². The fourth-order valence-corrected chi connectivity index (χ4v) is 3.51. The third-order valence-corrected chi connectivity index (χ3v) is 4.93. The molecule has 1 aliphatic carbocycles. The number of nitrogens with two attached hydrogens (primary N) is 1. The first-order valence-electron chi connectivity index (χ1n) is 9.33. The standard InChI is InChI=1S/C20H18FN5.CH5N/c1-11-5-12(2)19(16(21)6-11)17-7-15-18(9-22-17)24-25-20(15)13-8-23-26(10-13)14-3-4-14;1-2/h5-10,14H,3-4H2,1-2H3,(H,24,25);2H2,1H3. The van der Waals surface area contributed by atoms with Crippen LogP contribution in [-0.4, -0.2) is 32.0 Å². The number of halogens is 1. The number of hydrogen-bond acceptors (Lipinski definition) is 4. The molecule has 0 unspecified atom stereocenters. The fourth-order valence-electron chi connectivity index (χ4n) is 3.51. The first-order valence-corrected chi connectivity index (χ1v) is 9.33. The average Bonchev–Trinajstić information content (AvgIpc) is 3.26. The molecule has 0 radical (unpaired) electrons. The third kappa shape index (κ3) is 3.18. The lowest BCUT2D eigenvalue weighted by molar-refractivity contribution is 0.628. The van der Waals surface area contributed by atoms with Gasteiger partial charge < -0.3 is 5.73 Å². The van der Waals surface area contributed by atoms with Gasteiger partial charge in [-0.3, -0.25) is 14.8 Å². The minimum atomic E-state index is -0.249. The van der Waals surface area contributed by atoms with Gasteiger partial charge in [0.2, 0.25) is 0 Å². The Balaban J connectivity index is 0.000000932. The molecule has 0 bridgehead atoms. The molecule has 1 aromatic carbocycles. The molecule has 1 aliphatic rings. The molecule has 0 saturated heterocycles. The Labute approximate surface area is 162 Å². The van der Waals surface area contributed by atoms with Gasteiger partial charge in [0.25, 0.3) is 0 Å². The van der Waals surface area contributed by atoms with Crippen LogP contribution in [0.4, 0.5) is 4.39 Å². The van der Waals surface area contributed by atoms with E-state index < -0.39 is 0 Å². The summed E-state index contributed by atoms with van der Waals surface area (Å²) in [7, 11) is 1.50. The Kier molecular flexibility index (Phi) is 4.68. The lowest BCUT2D eigenvalue weighted by Gasteiger charge is -2.08. The van der Waals surface area contributed by atoms with Crippen LogP contribution in [-0.2, 0) is 0 Å². The van der Waals surface area contributed by atoms with Gasteiger partial charge in [-0.05, 0) is 57.0 Å². The zero-order valence-electron chi connectivity index (χ0n) is 16.2. The smallest absolute Gasteiger partial charge is 0.133 e. The molecule has 3 N–H and O–H groups in total. The summed E-state index contributed by atoms with van der Waals surface area (Å²) >= 11 is 0. The van der Waals surface area contributed by atoms with Crippen molar-refractivity contribution in [1.82, 2.24) is 25.0 Å². The van der Waals surface area contributed by atoms with E-state index >= 15 is 0 Å². The molecule has 0 atom stereocenters. The molecule has 4 aromatic rings. The Morgan fingerprint density at radius 1 is 1.14 bits per heavy atom. The molecule has 6 nitrogen and oxygen atoms in total. The maximum atomic E-state index is 14.6. The summed E-state index contributed by atoms with van der Waals surface area (Å²) in [6.45, 7) is 3.80. The summed E-state index contributed by atoms with van der Waals surface area (Å²) in [6, 6.07) is 5.95. The summed E-state index contributed by atoms with van der Waals surface area (Å²) in [5, 5.41) is 12.8. The molecule has 3 heterocycles. The average molecular weight is 378 g/mol. The van der Waals surface area contributed by atoms with E-state index in [0.29, 0.717) is 17.3 Å². The van der Waals surface area contributed by atoms with Crippen LogP contribution in [0.5, 0.6) is 0 Å². The second-order valence-corrected chi connectivity index (χ2v) is 7.07. The Morgan fingerprint density at radius 3 is 2.64 bits per heavy atom. The number of nitrogens with zero attached hydrogens (tertiary/aromatic N) is 4. The molecule has 144 valence electrons. The van der Waals surface area contributed by atoms with Crippen molar-refractivity contribution in [2.24, 2.45) is 5.73 Å². The third-order valence-electron chi connectivity index (χ3n) is 4.93. The van der Waals surface area contributed by atoms with Crippen molar-refractivity contribution in [2.45, 2.75) is 32.7 Å². The second-order valence-electron chi connectivity index (χ2n) is 7.07. The van der Waals surface area contributed by atoms with Crippen molar-refractivity contribution in [3.8, 4) is 22.5 Å². The van der Waals surface area contributed by atoms with E-state index in [9.17, 15) is 4.39 Å². The van der Waals surface area contributed by atoms with Crippen LogP contribution in [0.3, 0.4) is 0 Å². The number of rotatable bonds is 3. The Bertz CT molecular complexity index is 1120. The number of aromatic amines is 1. The number of fused-ring (bicyclic) bond motifs is 1. The van der Waals surface area contributed by atoms with Gasteiger partial charge in [-0.25, -0.2) is 4.39 Å². The van der Waals surface area contributed by atoms with E-state index in [2.05, 4.69) is 26.0 Å². The minimum absolute atomic E-state index is 0.249. The quantitative estimate of drug-likeness (QED) is 0.561. The largest absolute Gasteiger partial charge is 0.333 e. The summed E-state index contributed by atoms with van der Waals surface area (Å²) in [6.07, 6.45) is 7.95. The minimum Gasteiger partial charge on any atom is -0.333 e. The number of nitrogens with one attached hydrogen (secondary N) is 1.